The second kappa shape index (κ2) is 8.42. The molecule has 0 spiro atoms. The highest BCUT2D eigenvalue weighted by Crippen LogP contribution is 2.20. The van der Waals surface area contributed by atoms with Crippen LogP contribution in [0.4, 0.5) is 0 Å². The van der Waals surface area contributed by atoms with Crippen LogP contribution in [0.25, 0.3) is 0 Å². The smallest absolute Gasteiger partial charge is 0.240 e. The van der Waals surface area contributed by atoms with Gasteiger partial charge in [0.05, 0.1) is 37.6 Å². The molecule has 0 aromatic carbocycles. The molecule has 2 atom stereocenters. The van der Waals surface area contributed by atoms with Crippen molar-refractivity contribution in [1.29, 1.82) is 0 Å². The van der Waals surface area contributed by atoms with E-state index in [0.717, 1.165) is 25.8 Å². The lowest BCUT2D eigenvalue weighted by Crippen LogP contribution is -2.55. The number of hydrogen-bond donors (Lipinski definition) is 1. The lowest BCUT2D eigenvalue weighted by atomic mass is 10.00. The van der Waals surface area contributed by atoms with Gasteiger partial charge in [0.2, 0.25) is 5.91 Å². The Balaban J connectivity index is 1.88. The van der Waals surface area contributed by atoms with Crippen LogP contribution in [0, 0.1) is 0 Å². The van der Waals surface area contributed by atoms with E-state index in [-0.39, 0.29) is 17.6 Å². The predicted octanol–water partition coefficient (Wildman–Crippen LogP) is 0.876. The van der Waals surface area contributed by atoms with Gasteiger partial charge in [-0.3, -0.25) is 9.69 Å². The molecule has 23 heavy (non-hydrogen) atoms. The van der Waals surface area contributed by atoms with E-state index in [1.165, 1.54) is 0 Å². The maximum absolute atomic E-state index is 12.8. The van der Waals surface area contributed by atoms with E-state index in [2.05, 4.69) is 4.90 Å². The molecule has 0 unspecified atom stereocenters. The Morgan fingerprint density at radius 1 is 1.26 bits per heavy atom. The molecule has 2 heterocycles. The first-order chi connectivity index (χ1) is 10.9. The Kier molecular flexibility index (Phi) is 6.83. The topological polar surface area (TPSA) is 62.2 Å². The first-order valence-electron chi connectivity index (χ1n) is 8.79. The molecule has 2 fully saturated rings. The van der Waals surface area contributed by atoms with Crippen molar-refractivity contribution in [3.8, 4) is 0 Å². The molecular formula is C17H32N2O4. The van der Waals surface area contributed by atoms with Crippen LogP contribution in [-0.4, -0.2) is 84.6 Å². The number of likely N-dealkylation sites (tertiary alicyclic amines) is 1. The van der Waals surface area contributed by atoms with Crippen molar-refractivity contribution in [2.24, 2.45) is 0 Å². The van der Waals surface area contributed by atoms with Gasteiger partial charge in [-0.25, -0.2) is 0 Å². The number of nitrogens with zero attached hydrogens (tertiary/aromatic N) is 2. The van der Waals surface area contributed by atoms with Crippen molar-refractivity contribution in [1.82, 2.24) is 9.80 Å². The molecule has 1 N–H and O–H groups in total. The van der Waals surface area contributed by atoms with Crippen molar-refractivity contribution < 1.29 is 19.4 Å². The number of carbonyl (C=O) groups excluding carboxylic acids is 1. The Morgan fingerprint density at radius 3 is 2.61 bits per heavy atom. The Bertz CT molecular complexity index is 377. The van der Waals surface area contributed by atoms with Crippen molar-refractivity contribution >= 4 is 5.91 Å². The van der Waals surface area contributed by atoms with Crippen LogP contribution in [0.3, 0.4) is 0 Å². The van der Waals surface area contributed by atoms with Crippen molar-refractivity contribution in [3.05, 3.63) is 0 Å². The quantitative estimate of drug-likeness (QED) is 0.812. The third kappa shape index (κ3) is 6.03. The molecule has 0 bridgehead atoms. The number of ether oxygens (including phenoxy) is 2. The number of amides is 1. The Labute approximate surface area is 139 Å². The van der Waals surface area contributed by atoms with Gasteiger partial charge in [0.15, 0.2) is 0 Å². The molecular weight excluding hydrogens is 296 g/mol. The fourth-order valence-electron chi connectivity index (χ4n) is 3.15. The lowest BCUT2D eigenvalue weighted by Gasteiger charge is -2.39. The minimum atomic E-state index is -0.563. The molecule has 2 saturated heterocycles. The molecule has 0 aliphatic carbocycles. The first kappa shape index (κ1) is 18.6. The van der Waals surface area contributed by atoms with Crippen LogP contribution in [0.15, 0.2) is 0 Å². The Hall–Kier alpha value is -0.690. The number of morpholine rings is 1. The van der Waals surface area contributed by atoms with E-state index in [1.54, 1.807) is 0 Å². The highest BCUT2D eigenvalue weighted by Gasteiger charge is 2.33. The van der Waals surface area contributed by atoms with Gasteiger partial charge in [0.25, 0.3) is 0 Å². The standard InChI is InChI=1S/C17H32N2O4/c1-17(2,3)23-13-14(20)12-19-7-5-4-6-15(19)16(21)18-8-10-22-11-9-18/h14-15,20H,4-13H2,1-3H3/t14-,15+/m0/s1. The monoisotopic (exact) mass is 328 g/mol. The summed E-state index contributed by atoms with van der Waals surface area (Å²) in [6.07, 6.45) is 2.47. The number of β-amino-alcohol motifs (C(OH)–C–C–N with tert-alkyl or cyclic N) is 1. The van der Waals surface area contributed by atoms with E-state index in [9.17, 15) is 9.90 Å². The van der Waals surface area contributed by atoms with Crippen LogP contribution in [-0.2, 0) is 14.3 Å². The normalized spacial score (nSPS) is 25.4. The Morgan fingerprint density at radius 2 is 1.96 bits per heavy atom. The van der Waals surface area contributed by atoms with Gasteiger partial charge in [-0.05, 0) is 40.2 Å². The maximum atomic E-state index is 12.8. The summed E-state index contributed by atoms with van der Waals surface area (Å²) in [5, 5.41) is 10.3. The third-order valence-corrected chi connectivity index (χ3v) is 4.38. The van der Waals surface area contributed by atoms with Crippen LogP contribution < -0.4 is 0 Å². The molecule has 2 aliphatic heterocycles. The van der Waals surface area contributed by atoms with Crippen molar-refractivity contribution in [2.75, 3.05) is 46.0 Å². The average molecular weight is 328 g/mol. The summed E-state index contributed by atoms with van der Waals surface area (Å²) in [7, 11) is 0. The number of carbonyl (C=O) groups is 1. The van der Waals surface area contributed by atoms with E-state index < -0.39 is 6.10 Å². The minimum absolute atomic E-state index is 0.105. The van der Waals surface area contributed by atoms with E-state index in [0.29, 0.717) is 39.5 Å². The molecule has 2 rings (SSSR count). The van der Waals surface area contributed by atoms with Crippen LogP contribution >= 0.6 is 0 Å². The van der Waals surface area contributed by atoms with Crippen molar-refractivity contribution in [2.45, 2.75) is 57.8 Å². The summed E-state index contributed by atoms with van der Waals surface area (Å²) in [5.74, 6) is 0.192. The predicted molar refractivity (Wildman–Crippen MR) is 88.3 cm³/mol. The summed E-state index contributed by atoms with van der Waals surface area (Å²) in [4.78, 5) is 16.8. The van der Waals surface area contributed by atoms with Gasteiger partial charge in [-0.1, -0.05) is 6.42 Å². The zero-order chi connectivity index (χ0) is 16.9. The minimum Gasteiger partial charge on any atom is -0.389 e. The van der Waals surface area contributed by atoms with Crippen LogP contribution in [0.2, 0.25) is 0 Å². The van der Waals surface area contributed by atoms with Crippen molar-refractivity contribution in [3.63, 3.8) is 0 Å². The molecule has 1 amide bonds. The second-order valence-corrected chi connectivity index (χ2v) is 7.52. The molecule has 0 aromatic rings. The molecule has 0 saturated carbocycles. The number of rotatable bonds is 5. The van der Waals surface area contributed by atoms with Crippen LogP contribution in [0.1, 0.15) is 40.0 Å². The van der Waals surface area contributed by atoms with Gasteiger partial charge < -0.3 is 19.5 Å². The molecule has 2 aliphatic rings. The zero-order valence-corrected chi connectivity index (χ0v) is 14.8. The summed E-state index contributed by atoms with van der Waals surface area (Å²) in [6.45, 7) is 10.2. The van der Waals surface area contributed by atoms with Gasteiger partial charge in [0, 0.05) is 19.6 Å². The number of piperidine rings is 1. The zero-order valence-electron chi connectivity index (χ0n) is 14.8. The fourth-order valence-corrected chi connectivity index (χ4v) is 3.15. The average Bonchev–Trinajstić information content (AvgIpc) is 2.53. The van der Waals surface area contributed by atoms with E-state index in [4.69, 9.17) is 9.47 Å². The molecule has 6 heteroatoms. The summed E-state index contributed by atoms with van der Waals surface area (Å²) >= 11 is 0. The van der Waals surface area contributed by atoms with E-state index >= 15 is 0 Å². The van der Waals surface area contributed by atoms with Crippen LogP contribution in [0.5, 0.6) is 0 Å². The van der Waals surface area contributed by atoms with Gasteiger partial charge in [0.1, 0.15) is 0 Å². The van der Waals surface area contributed by atoms with Gasteiger partial charge >= 0.3 is 0 Å². The molecule has 134 valence electrons. The summed E-state index contributed by atoms with van der Waals surface area (Å²) < 4.78 is 11.0. The fraction of sp³-hybridized carbons (Fsp3) is 0.941. The molecule has 0 aromatic heterocycles. The number of aliphatic hydroxyl groups is 1. The van der Waals surface area contributed by atoms with Gasteiger partial charge in [-0.15, -0.1) is 0 Å². The molecule has 6 nitrogen and oxygen atoms in total. The largest absolute Gasteiger partial charge is 0.389 e. The highest BCUT2D eigenvalue weighted by atomic mass is 16.5. The van der Waals surface area contributed by atoms with E-state index in [1.807, 2.05) is 25.7 Å². The maximum Gasteiger partial charge on any atom is 0.240 e. The molecule has 0 radical (unpaired) electrons. The number of aliphatic hydroxyl groups excluding tert-OH is 1. The highest BCUT2D eigenvalue weighted by molar-refractivity contribution is 5.82. The lowest BCUT2D eigenvalue weighted by molar-refractivity contribution is -0.143. The summed E-state index contributed by atoms with van der Waals surface area (Å²) in [6, 6.07) is -0.105. The third-order valence-electron chi connectivity index (χ3n) is 4.38. The summed E-state index contributed by atoms with van der Waals surface area (Å²) in [5.41, 5.74) is -0.258. The number of hydrogen-bond acceptors (Lipinski definition) is 5. The van der Waals surface area contributed by atoms with Gasteiger partial charge in [-0.2, -0.15) is 0 Å². The first-order valence-corrected chi connectivity index (χ1v) is 8.79. The SMILES string of the molecule is CC(C)(C)OC[C@@H](O)CN1CCCC[C@@H]1C(=O)N1CCOCC1. The second-order valence-electron chi connectivity index (χ2n) is 7.52.